The summed E-state index contributed by atoms with van der Waals surface area (Å²) in [6, 6.07) is 16.5. The number of carbonyl (C=O) groups is 2. The second kappa shape index (κ2) is 10.6. The molecule has 1 aliphatic carbocycles. The summed E-state index contributed by atoms with van der Waals surface area (Å²) < 4.78 is 16.3. The molecular formula is C28H29N3O5. The van der Waals surface area contributed by atoms with Gasteiger partial charge in [0.05, 0.1) is 37.1 Å². The summed E-state index contributed by atoms with van der Waals surface area (Å²) >= 11 is 0. The Labute approximate surface area is 210 Å². The third kappa shape index (κ3) is 5.10. The van der Waals surface area contributed by atoms with E-state index in [1.165, 1.54) is 6.92 Å². The van der Waals surface area contributed by atoms with Crippen LogP contribution in [0.4, 0.5) is 0 Å². The molecule has 0 radical (unpaired) electrons. The molecule has 2 aromatic carbocycles. The summed E-state index contributed by atoms with van der Waals surface area (Å²) in [7, 11) is 3.11. The summed E-state index contributed by atoms with van der Waals surface area (Å²) in [5.41, 5.74) is 1.27. The molecule has 0 unspecified atom stereocenters. The average molecular weight is 488 g/mol. The van der Waals surface area contributed by atoms with Crippen molar-refractivity contribution in [1.29, 1.82) is 5.26 Å². The molecular weight excluding hydrogens is 458 g/mol. The van der Waals surface area contributed by atoms with Gasteiger partial charge in [0.15, 0.2) is 17.6 Å². The third-order valence-corrected chi connectivity index (χ3v) is 6.55. The molecule has 36 heavy (non-hydrogen) atoms. The minimum absolute atomic E-state index is 0.290. The third-order valence-electron chi connectivity index (χ3n) is 6.55. The highest BCUT2D eigenvalue weighted by atomic mass is 16.5. The van der Waals surface area contributed by atoms with E-state index in [0.717, 1.165) is 24.8 Å². The molecule has 1 fully saturated rings. The molecule has 8 heteroatoms. The minimum atomic E-state index is -1.07. The Morgan fingerprint density at radius 1 is 1.03 bits per heavy atom. The lowest BCUT2D eigenvalue weighted by Crippen LogP contribution is -2.52. The van der Waals surface area contributed by atoms with Crippen LogP contribution in [0.5, 0.6) is 11.5 Å². The van der Waals surface area contributed by atoms with E-state index < -0.39 is 23.5 Å². The number of carbonyl (C=O) groups excluding carboxylic acids is 2. The number of para-hydroxylation sites is 1. The van der Waals surface area contributed by atoms with E-state index in [4.69, 9.17) is 19.2 Å². The van der Waals surface area contributed by atoms with Crippen molar-refractivity contribution in [3.8, 4) is 28.8 Å². The smallest absolute Gasteiger partial charge is 0.339 e. The number of fused-ring (bicyclic) bond motifs is 1. The number of rotatable bonds is 7. The van der Waals surface area contributed by atoms with Crippen molar-refractivity contribution in [2.24, 2.45) is 0 Å². The van der Waals surface area contributed by atoms with E-state index in [0.29, 0.717) is 40.9 Å². The van der Waals surface area contributed by atoms with E-state index in [-0.39, 0.29) is 5.56 Å². The Hall–Kier alpha value is -4.12. The number of methoxy groups -OCH3 is 2. The lowest BCUT2D eigenvalue weighted by Gasteiger charge is -2.32. The Morgan fingerprint density at radius 3 is 2.44 bits per heavy atom. The maximum atomic E-state index is 13.3. The quantitative estimate of drug-likeness (QED) is 0.476. The van der Waals surface area contributed by atoms with Gasteiger partial charge in [0, 0.05) is 10.9 Å². The van der Waals surface area contributed by atoms with Crippen LogP contribution in [0.2, 0.25) is 0 Å². The fourth-order valence-electron chi connectivity index (χ4n) is 4.52. The van der Waals surface area contributed by atoms with E-state index >= 15 is 0 Å². The van der Waals surface area contributed by atoms with E-state index in [1.807, 2.05) is 24.3 Å². The maximum Gasteiger partial charge on any atom is 0.339 e. The first-order chi connectivity index (χ1) is 17.4. The lowest BCUT2D eigenvalue weighted by atomic mass is 9.83. The largest absolute Gasteiger partial charge is 0.493 e. The zero-order valence-corrected chi connectivity index (χ0v) is 20.7. The van der Waals surface area contributed by atoms with Gasteiger partial charge in [-0.05, 0) is 50.1 Å². The number of nitrogens with zero attached hydrogens (tertiary/aromatic N) is 2. The normalized spacial score (nSPS) is 15.4. The first-order valence-corrected chi connectivity index (χ1v) is 12.0. The molecule has 0 bridgehead atoms. The van der Waals surface area contributed by atoms with Crippen LogP contribution in [0.1, 0.15) is 49.4 Å². The molecule has 186 valence electrons. The summed E-state index contributed by atoms with van der Waals surface area (Å²) in [6.07, 6.45) is 2.93. The predicted molar refractivity (Wildman–Crippen MR) is 135 cm³/mol. The second-order valence-electron chi connectivity index (χ2n) is 8.93. The minimum Gasteiger partial charge on any atom is -0.493 e. The van der Waals surface area contributed by atoms with Gasteiger partial charge in [-0.1, -0.05) is 37.5 Å². The summed E-state index contributed by atoms with van der Waals surface area (Å²) in [4.78, 5) is 30.8. The Balaban J connectivity index is 1.62. The highest BCUT2D eigenvalue weighted by Gasteiger charge is 2.35. The Morgan fingerprint density at radius 2 is 1.75 bits per heavy atom. The predicted octanol–water partition coefficient (Wildman–Crippen LogP) is 4.81. The van der Waals surface area contributed by atoms with Crippen molar-refractivity contribution >= 4 is 22.8 Å². The van der Waals surface area contributed by atoms with Gasteiger partial charge in [-0.25, -0.2) is 9.78 Å². The highest BCUT2D eigenvalue weighted by molar-refractivity contribution is 6.05. The molecule has 1 heterocycles. The number of aromatic nitrogens is 1. The van der Waals surface area contributed by atoms with Crippen LogP contribution >= 0.6 is 0 Å². The standard InChI is InChI=1S/C28H29N3O5/c1-18(26(32)31-28(17-29)13-7-4-8-14-28)36-27(33)21-16-23(30-22-10-6-5-9-20(21)22)19-11-12-24(34-2)25(15-19)35-3/h5-6,9-12,15-16,18H,4,7-8,13-14H2,1-3H3,(H,31,32)/t18-/m0/s1. The van der Waals surface area contributed by atoms with Crippen LogP contribution in [0.25, 0.3) is 22.2 Å². The van der Waals surface area contributed by atoms with Gasteiger partial charge < -0.3 is 19.5 Å². The molecule has 0 spiro atoms. The zero-order chi connectivity index (χ0) is 25.7. The van der Waals surface area contributed by atoms with Crippen molar-refractivity contribution in [3.63, 3.8) is 0 Å². The number of nitriles is 1. The molecule has 1 aromatic heterocycles. The molecule has 0 aliphatic heterocycles. The second-order valence-corrected chi connectivity index (χ2v) is 8.93. The van der Waals surface area contributed by atoms with Crippen molar-refractivity contribution in [1.82, 2.24) is 10.3 Å². The van der Waals surface area contributed by atoms with Gasteiger partial charge in [0.2, 0.25) is 0 Å². The van der Waals surface area contributed by atoms with Crippen LogP contribution in [0, 0.1) is 11.3 Å². The van der Waals surface area contributed by atoms with Gasteiger partial charge in [0.25, 0.3) is 5.91 Å². The van der Waals surface area contributed by atoms with E-state index in [1.54, 1.807) is 38.5 Å². The molecule has 1 saturated carbocycles. The molecule has 1 N–H and O–H groups in total. The van der Waals surface area contributed by atoms with Gasteiger partial charge in [0.1, 0.15) is 5.54 Å². The molecule has 8 nitrogen and oxygen atoms in total. The SMILES string of the molecule is COc1ccc(-c2cc(C(=O)O[C@@H](C)C(=O)NC3(C#N)CCCCC3)c3ccccc3n2)cc1OC. The van der Waals surface area contributed by atoms with Crippen LogP contribution in [0.3, 0.4) is 0 Å². The zero-order valence-electron chi connectivity index (χ0n) is 20.7. The molecule has 1 atom stereocenters. The number of esters is 1. The van der Waals surface area contributed by atoms with Crippen LogP contribution in [0.15, 0.2) is 48.5 Å². The number of nitrogens with one attached hydrogen (secondary N) is 1. The van der Waals surface area contributed by atoms with Crippen LogP contribution in [-0.4, -0.2) is 42.7 Å². The van der Waals surface area contributed by atoms with E-state index in [2.05, 4.69) is 11.4 Å². The summed E-state index contributed by atoms with van der Waals surface area (Å²) in [5.74, 6) is -0.0129. The van der Waals surface area contributed by atoms with Crippen LogP contribution < -0.4 is 14.8 Å². The van der Waals surface area contributed by atoms with Crippen molar-refractivity contribution in [3.05, 3.63) is 54.1 Å². The Bertz CT molecular complexity index is 1320. The fourth-order valence-corrected chi connectivity index (χ4v) is 4.52. The maximum absolute atomic E-state index is 13.3. The first kappa shape index (κ1) is 25.0. The summed E-state index contributed by atoms with van der Waals surface area (Å²) in [5, 5.41) is 13.1. The van der Waals surface area contributed by atoms with Crippen molar-refractivity contribution in [2.75, 3.05) is 14.2 Å². The number of benzene rings is 2. The highest BCUT2D eigenvalue weighted by Crippen LogP contribution is 2.33. The number of hydrogen-bond acceptors (Lipinski definition) is 7. The van der Waals surface area contributed by atoms with Gasteiger partial charge in [-0.2, -0.15) is 5.26 Å². The molecule has 1 aliphatic rings. The number of amides is 1. The van der Waals surface area contributed by atoms with Crippen LogP contribution in [-0.2, 0) is 9.53 Å². The number of pyridine rings is 1. The topological polar surface area (TPSA) is 111 Å². The number of ether oxygens (including phenoxy) is 3. The van der Waals surface area contributed by atoms with Gasteiger partial charge in [-0.15, -0.1) is 0 Å². The van der Waals surface area contributed by atoms with Crippen molar-refractivity contribution in [2.45, 2.75) is 50.7 Å². The van der Waals surface area contributed by atoms with E-state index in [9.17, 15) is 14.9 Å². The molecule has 1 amide bonds. The summed E-state index contributed by atoms with van der Waals surface area (Å²) in [6.45, 7) is 1.51. The van der Waals surface area contributed by atoms with Gasteiger partial charge >= 0.3 is 5.97 Å². The molecule has 4 rings (SSSR count). The van der Waals surface area contributed by atoms with Gasteiger partial charge in [-0.3, -0.25) is 4.79 Å². The molecule has 3 aromatic rings. The average Bonchev–Trinajstić information content (AvgIpc) is 2.92. The fraction of sp³-hybridized carbons (Fsp3) is 0.357. The number of hydrogen-bond donors (Lipinski definition) is 1. The van der Waals surface area contributed by atoms with Crippen molar-refractivity contribution < 1.29 is 23.8 Å². The monoisotopic (exact) mass is 487 g/mol. The Kier molecular flexibility index (Phi) is 7.39. The first-order valence-electron chi connectivity index (χ1n) is 12.0. The lowest BCUT2D eigenvalue weighted by molar-refractivity contribution is -0.130. The molecule has 0 saturated heterocycles.